The van der Waals surface area contributed by atoms with Crippen molar-refractivity contribution in [3.05, 3.63) is 29.3 Å². The van der Waals surface area contributed by atoms with Crippen LogP contribution < -0.4 is 15.4 Å². The summed E-state index contributed by atoms with van der Waals surface area (Å²) in [6.07, 6.45) is 2.67. The van der Waals surface area contributed by atoms with Crippen LogP contribution in [0.1, 0.15) is 30.9 Å². The van der Waals surface area contributed by atoms with E-state index in [9.17, 15) is 0 Å². The van der Waals surface area contributed by atoms with E-state index in [0.29, 0.717) is 19.8 Å². The van der Waals surface area contributed by atoms with Gasteiger partial charge in [0, 0.05) is 25.8 Å². The third-order valence-corrected chi connectivity index (χ3v) is 3.77. The lowest BCUT2D eigenvalue weighted by Gasteiger charge is -2.13. The third-order valence-electron chi connectivity index (χ3n) is 3.77. The van der Waals surface area contributed by atoms with Crippen molar-refractivity contribution >= 4 is 29.9 Å². The summed E-state index contributed by atoms with van der Waals surface area (Å²) in [6, 6.07) is 6.25. The van der Waals surface area contributed by atoms with Gasteiger partial charge in [0.15, 0.2) is 5.96 Å². The first-order valence-electron chi connectivity index (χ1n) is 8.46. The van der Waals surface area contributed by atoms with Crippen molar-refractivity contribution in [1.29, 1.82) is 0 Å². The minimum Gasteiger partial charge on any atom is -0.491 e. The van der Waals surface area contributed by atoms with Gasteiger partial charge in [-0.25, -0.2) is 4.99 Å². The van der Waals surface area contributed by atoms with Gasteiger partial charge in [0.1, 0.15) is 12.4 Å². The molecule has 24 heavy (non-hydrogen) atoms. The van der Waals surface area contributed by atoms with Crippen molar-refractivity contribution < 1.29 is 9.47 Å². The quantitative estimate of drug-likeness (QED) is 0.265. The van der Waals surface area contributed by atoms with Gasteiger partial charge in [-0.1, -0.05) is 12.1 Å². The minimum absolute atomic E-state index is 0. The zero-order valence-corrected chi connectivity index (χ0v) is 17.3. The van der Waals surface area contributed by atoms with Crippen LogP contribution in [0.4, 0.5) is 0 Å². The van der Waals surface area contributed by atoms with E-state index in [1.54, 1.807) is 7.11 Å². The lowest BCUT2D eigenvalue weighted by molar-refractivity contribution is 0.145. The number of ether oxygens (including phenoxy) is 2. The highest BCUT2D eigenvalue weighted by Gasteiger charge is 2.21. The van der Waals surface area contributed by atoms with E-state index in [2.05, 4.69) is 47.7 Å². The molecular formula is C18H30IN3O2. The van der Waals surface area contributed by atoms with Gasteiger partial charge < -0.3 is 20.1 Å². The fraction of sp³-hybridized carbons (Fsp3) is 0.611. The standard InChI is InChI=1S/C18H29N3O2.HI/c1-4-19-18(20-12-15-6-7-15)21-13-16-8-5-14(2)11-17(16)23-10-9-22-3;/h5,8,11,15H,4,6-7,9-10,12-13H2,1-3H3,(H2,19,20,21);1H. The average Bonchev–Trinajstić information content (AvgIpc) is 3.36. The van der Waals surface area contributed by atoms with Gasteiger partial charge in [-0.2, -0.15) is 0 Å². The van der Waals surface area contributed by atoms with Crippen LogP contribution in [0, 0.1) is 12.8 Å². The fourth-order valence-electron chi connectivity index (χ4n) is 2.23. The third kappa shape index (κ3) is 7.70. The lowest BCUT2D eigenvalue weighted by Crippen LogP contribution is -2.38. The number of nitrogens with zero attached hydrogens (tertiary/aromatic N) is 1. The molecule has 0 atom stereocenters. The molecule has 0 aromatic heterocycles. The van der Waals surface area contributed by atoms with E-state index < -0.39 is 0 Å². The van der Waals surface area contributed by atoms with Crippen molar-refractivity contribution in [1.82, 2.24) is 10.6 Å². The smallest absolute Gasteiger partial charge is 0.191 e. The maximum absolute atomic E-state index is 5.82. The Labute approximate surface area is 162 Å². The molecule has 0 bridgehead atoms. The van der Waals surface area contributed by atoms with Gasteiger partial charge >= 0.3 is 0 Å². The van der Waals surface area contributed by atoms with Gasteiger partial charge in [-0.15, -0.1) is 24.0 Å². The van der Waals surface area contributed by atoms with E-state index in [4.69, 9.17) is 9.47 Å². The van der Waals surface area contributed by atoms with Crippen LogP contribution >= 0.6 is 24.0 Å². The number of guanidine groups is 1. The van der Waals surface area contributed by atoms with Crippen molar-refractivity contribution in [3.8, 4) is 5.75 Å². The number of aliphatic imine (C=N–C) groups is 1. The number of benzene rings is 1. The molecule has 1 aromatic rings. The molecule has 0 saturated heterocycles. The molecule has 0 amide bonds. The molecule has 0 unspecified atom stereocenters. The van der Waals surface area contributed by atoms with Crippen LogP contribution in [0.2, 0.25) is 0 Å². The van der Waals surface area contributed by atoms with E-state index in [-0.39, 0.29) is 24.0 Å². The van der Waals surface area contributed by atoms with E-state index >= 15 is 0 Å². The van der Waals surface area contributed by atoms with Crippen LogP contribution in [-0.2, 0) is 11.3 Å². The Morgan fingerprint density at radius 3 is 2.71 bits per heavy atom. The molecule has 2 rings (SSSR count). The van der Waals surface area contributed by atoms with Gasteiger partial charge in [0.2, 0.25) is 0 Å². The van der Waals surface area contributed by atoms with Gasteiger partial charge in [0.05, 0.1) is 13.2 Å². The summed E-state index contributed by atoms with van der Waals surface area (Å²) in [5.41, 5.74) is 2.28. The normalized spacial score (nSPS) is 14.0. The molecule has 0 aliphatic heterocycles. The zero-order chi connectivity index (χ0) is 16.5. The zero-order valence-electron chi connectivity index (χ0n) is 14.9. The Kier molecular flexibility index (Phi) is 10.1. The summed E-state index contributed by atoms with van der Waals surface area (Å²) in [7, 11) is 1.68. The Bertz CT molecular complexity index is 519. The maximum atomic E-state index is 5.82. The van der Waals surface area contributed by atoms with Crippen molar-refractivity contribution in [2.75, 3.05) is 33.4 Å². The summed E-state index contributed by atoms with van der Waals surface area (Å²) < 4.78 is 10.9. The monoisotopic (exact) mass is 447 g/mol. The van der Waals surface area contributed by atoms with Crippen molar-refractivity contribution in [2.24, 2.45) is 10.9 Å². The van der Waals surface area contributed by atoms with Crippen LogP contribution in [0.3, 0.4) is 0 Å². The van der Waals surface area contributed by atoms with E-state index in [1.807, 2.05) is 0 Å². The summed E-state index contributed by atoms with van der Waals surface area (Å²) in [6.45, 7) is 7.76. The number of rotatable bonds is 9. The molecule has 0 heterocycles. The Hall–Kier alpha value is -1.02. The average molecular weight is 447 g/mol. The Morgan fingerprint density at radius 1 is 1.25 bits per heavy atom. The number of halogens is 1. The van der Waals surface area contributed by atoms with Crippen LogP contribution in [0.15, 0.2) is 23.2 Å². The fourth-order valence-corrected chi connectivity index (χ4v) is 2.23. The van der Waals surface area contributed by atoms with Crippen molar-refractivity contribution in [2.45, 2.75) is 33.2 Å². The first-order valence-corrected chi connectivity index (χ1v) is 8.46. The lowest BCUT2D eigenvalue weighted by atomic mass is 10.1. The molecule has 1 aliphatic carbocycles. The SMILES string of the molecule is CCNC(=NCc1ccc(C)cc1OCCOC)NCC1CC1.I. The summed E-state index contributed by atoms with van der Waals surface area (Å²) >= 11 is 0. The summed E-state index contributed by atoms with van der Waals surface area (Å²) in [5.74, 6) is 2.60. The van der Waals surface area contributed by atoms with Crippen LogP contribution in [-0.4, -0.2) is 39.4 Å². The van der Waals surface area contributed by atoms with Crippen LogP contribution in [0.5, 0.6) is 5.75 Å². The molecule has 1 saturated carbocycles. The molecule has 0 spiro atoms. The first-order chi connectivity index (χ1) is 11.2. The van der Waals surface area contributed by atoms with E-state index in [0.717, 1.165) is 36.3 Å². The second-order valence-electron chi connectivity index (χ2n) is 5.97. The van der Waals surface area contributed by atoms with Gasteiger partial charge in [0.25, 0.3) is 0 Å². The molecule has 6 heteroatoms. The highest BCUT2D eigenvalue weighted by atomic mass is 127. The molecule has 2 N–H and O–H groups in total. The predicted molar refractivity (Wildman–Crippen MR) is 110 cm³/mol. The Balaban J connectivity index is 0.00000288. The predicted octanol–water partition coefficient (Wildman–Crippen LogP) is 3.10. The minimum atomic E-state index is 0. The highest BCUT2D eigenvalue weighted by molar-refractivity contribution is 14.0. The Morgan fingerprint density at radius 2 is 2.04 bits per heavy atom. The van der Waals surface area contributed by atoms with Crippen LogP contribution in [0.25, 0.3) is 0 Å². The van der Waals surface area contributed by atoms with Crippen molar-refractivity contribution in [3.63, 3.8) is 0 Å². The molecule has 136 valence electrons. The number of hydrogen-bond donors (Lipinski definition) is 2. The number of methoxy groups -OCH3 is 1. The first kappa shape index (κ1) is 21.0. The second-order valence-corrected chi connectivity index (χ2v) is 5.97. The van der Waals surface area contributed by atoms with Gasteiger partial charge in [-0.05, 0) is 44.2 Å². The van der Waals surface area contributed by atoms with E-state index in [1.165, 1.54) is 18.4 Å². The number of aryl methyl sites for hydroxylation is 1. The highest BCUT2D eigenvalue weighted by Crippen LogP contribution is 2.27. The molecule has 1 aromatic carbocycles. The topological polar surface area (TPSA) is 54.9 Å². The summed E-state index contributed by atoms with van der Waals surface area (Å²) in [4.78, 5) is 4.69. The maximum Gasteiger partial charge on any atom is 0.191 e. The molecule has 0 radical (unpaired) electrons. The summed E-state index contributed by atoms with van der Waals surface area (Å²) in [5, 5.41) is 6.71. The molecular weight excluding hydrogens is 417 g/mol. The number of hydrogen-bond acceptors (Lipinski definition) is 3. The molecule has 1 aliphatic rings. The molecule has 5 nitrogen and oxygen atoms in total. The molecule has 1 fully saturated rings. The second kappa shape index (κ2) is 11.5. The largest absolute Gasteiger partial charge is 0.491 e. The number of nitrogens with one attached hydrogen (secondary N) is 2. The van der Waals surface area contributed by atoms with Gasteiger partial charge in [-0.3, -0.25) is 0 Å².